The van der Waals surface area contributed by atoms with Gasteiger partial charge in [-0.05, 0) is 54.4 Å². The number of benzene rings is 2. The maximum atomic E-state index is 10.9. The molecule has 0 radical (unpaired) electrons. The Morgan fingerprint density at radius 1 is 1.13 bits per heavy atom. The number of aliphatic carboxylic acids is 1. The van der Waals surface area contributed by atoms with Gasteiger partial charge < -0.3 is 24.9 Å². The Bertz CT molecular complexity index is 1040. The van der Waals surface area contributed by atoms with E-state index in [2.05, 4.69) is 6.92 Å². The Morgan fingerprint density at radius 3 is 2.67 bits per heavy atom. The Labute approximate surface area is 181 Å². The zero-order chi connectivity index (χ0) is 21.5. The number of carbonyl (C=O) groups is 1. The molecule has 0 spiro atoms. The molecule has 1 heterocycles. The molecule has 0 bridgehead atoms. The molecule has 6 nitrogen and oxygen atoms in total. The van der Waals surface area contributed by atoms with Crippen LogP contribution in [-0.4, -0.2) is 33.8 Å². The van der Waals surface area contributed by atoms with Crippen LogP contribution in [0.25, 0.3) is 10.9 Å². The van der Waals surface area contributed by atoms with E-state index in [1.54, 1.807) is 10.8 Å². The summed E-state index contributed by atoms with van der Waals surface area (Å²) in [4.78, 5) is 11.3. The smallest absolute Gasteiger partial charge is 0.323 e. The summed E-state index contributed by atoms with van der Waals surface area (Å²) in [7, 11) is 0. The summed E-state index contributed by atoms with van der Waals surface area (Å²) in [5.74, 6) is 0.747. The summed E-state index contributed by atoms with van der Waals surface area (Å²) in [5.41, 5.74) is 8.57. The number of ether oxygens (including phenoxy) is 2. The molecule has 3 N–H and O–H groups in total. The van der Waals surface area contributed by atoms with E-state index in [1.807, 2.05) is 42.5 Å². The number of carboxylic acids is 1. The molecule has 3 aromatic rings. The van der Waals surface area contributed by atoms with Crippen molar-refractivity contribution in [1.29, 1.82) is 0 Å². The summed E-state index contributed by atoms with van der Waals surface area (Å²) in [6, 6.07) is 13.4. The van der Waals surface area contributed by atoms with Gasteiger partial charge in [-0.25, -0.2) is 0 Å². The molecular formula is C23H26N2O4S. The zero-order valence-corrected chi connectivity index (χ0v) is 17.8. The van der Waals surface area contributed by atoms with E-state index in [1.165, 1.54) is 0 Å². The number of thiocarbonyl (C=S) groups is 1. The number of aromatic nitrogens is 1. The highest BCUT2D eigenvalue weighted by Crippen LogP contribution is 2.24. The van der Waals surface area contributed by atoms with Crippen LogP contribution in [0.1, 0.15) is 30.9 Å². The quantitative estimate of drug-likeness (QED) is 0.354. The monoisotopic (exact) mass is 426 g/mol. The highest BCUT2D eigenvalue weighted by Gasteiger charge is 2.08. The number of nitrogens with zero attached hydrogens (tertiary/aromatic N) is 1. The second-order valence-corrected chi connectivity index (χ2v) is 7.49. The van der Waals surface area contributed by atoms with Gasteiger partial charge in [-0.1, -0.05) is 25.6 Å². The lowest BCUT2D eigenvalue weighted by molar-refractivity contribution is -0.137. The highest BCUT2D eigenvalue weighted by atomic mass is 32.1. The average Bonchev–Trinajstić information content (AvgIpc) is 3.10. The van der Waals surface area contributed by atoms with Crippen LogP contribution in [0.15, 0.2) is 48.7 Å². The SMILES string of the molecule is CCCc1cc(C(N)=S)ccc1OCCCOc1ccc2c(ccn2CC(=O)O)c1. The summed E-state index contributed by atoms with van der Waals surface area (Å²) < 4.78 is 13.5. The number of fused-ring (bicyclic) bond motifs is 1. The molecule has 0 aliphatic heterocycles. The first-order valence-corrected chi connectivity index (χ1v) is 10.4. The van der Waals surface area contributed by atoms with Crippen molar-refractivity contribution >= 4 is 34.1 Å². The minimum atomic E-state index is -0.865. The minimum absolute atomic E-state index is 0.0564. The average molecular weight is 427 g/mol. The van der Waals surface area contributed by atoms with Crippen molar-refractivity contribution in [2.24, 2.45) is 5.73 Å². The number of rotatable bonds is 11. The summed E-state index contributed by atoms with van der Waals surface area (Å²) >= 11 is 5.06. The Balaban J connectivity index is 1.51. The van der Waals surface area contributed by atoms with E-state index < -0.39 is 5.97 Å². The van der Waals surface area contributed by atoms with E-state index in [-0.39, 0.29) is 6.54 Å². The Kier molecular flexibility index (Phi) is 7.30. The third kappa shape index (κ3) is 5.51. The van der Waals surface area contributed by atoms with E-state index in [4.69, 9.17) is 32.5 Å². The molecule has 0 saturated heterocycles. The molecule has 7 heteroatoms. The largest absolute Gasteiger partial charge is 0.493 e. The number of hydrogen-bond donors (Lipinski definition) is 2. The van der Waals surface area contributed by atoms with E-state index >= 15 is 0 Å². The van der Waals surface area contributed by atoms with Gasteiger partial charge in [0.15, 0.2) is 0 Å². The molecule has 0 aliphatic rings. The van der Waals surface area contributed by atoms with Gasteiger partial charge in [0.25, 0.3) is 0 Å². The highest BCUT2D eigenvalue weighted by molar-refractivity contribution is 7.80. The molecule has 0 atom stereocenters. The molecule has 3 rings (SSSR count). The number of hydrogen-bond acceptors (Lipinski definition) is 4. The van der Waals surface area contributed by atoms with Crippen molar-refractivity contribution in [3.63, 3.8) is 0 Å². The number of nitrogens with two attached hydrogens (primary N) is 1. The van der Waals surface area contributed by atoms with Gasteiger partial charge in [0.1, 0.15) is 23.0 Å². The van der Waals surface area contributed by atoms with Crippen LogP contribution in [0.2, 0.25) is 0 Å². The first-order chi connectivity index (χ1) is 14.5. The van der Waals surface area contributed by atoms with Gasteiger partial charge in [-0.2, -0.15) is 0 Å². The van der Waals surface area contributed by atoms with Crippen LogP contribution >= 0.6 is 12.2 Å². The maximum absolute atomic E-state index is 10.9. The van der Waals surface area contributed by atoms with Gasteiger partial charge in [0.2, 0.25) is 0 Å². The lowest BCUT2D eigenvalue weighted by atomic mass is 10.1. The van der Waals surface area contributed by atoms with Gasteiger partial charge in [-0.15, -0.1) is 0 Å². The van der Waals surface area contributed by atoms with Gasteiger partial charge in [0, 0.05) is 29.1 Å². The fourth-order valence-corrected chi connectivity index (χ4v) is 3.45. The normalized spacial score (nSPS) is 10.8. The van der Waals surface area contributed by atoms with E-state index in [0.29, 0.717) is 18.2 Å². The van der Waals surface area contributed by atoms with Crippen molar-refractivity contribution in [2.45, 2.75) is 32.7 Å². The van der Waals surface area contributed by atoms with Crippen molar-refractivity contribution in [3.05, 3.63) is 59.8 Å². The van der Waals surface area contributed by atoms with Gasteiger partial charge in [-0.3, -0.25) is 4.79 Å². The van der Waals surface area contributed by atoms with Crippen molar-refractivity contribution in [1.82, 2.24) is 4.57 Å². The lowest BCUT2D eigenvalue weighted by Gasteiger charge is -2.13. The number of carboxylic acid groups (broad SMARTS) is 1. The van der Waals surface area contributed by atoms with Crippen LogP contribution in [0.4, 0.5) is 0 Å². The zero-order valence-electron chi connectivity index (χ0n) is 17.0. The second-order valence-electron chi connectivity index (χ2n) is 7.05. The van der Waals surface area contributed by atoms with Gasteiger partial charge in [0.05, 0.1) is 13.2 Å². The van der Waals surface area contributed by atoms with Crippen LogP contribution in [0.5, 0.6) is 11.5 Å². The van der Waals surface area contributed by atoms with Crippen LogP contribution < -0.4 is 15.2 Å². The van der Waals surface area contributed by atoms with Crippen LogP contribution in [0.3, 0.4) is 0 Å². The lowest BCUT2D eigenvalue weighted by Crippen LogP contribution is -2.11. The van der Waals surface area contributed by atoms with Gasteiger partial charge >= 0.3 is 5.97 Å². The fourth-order valence-electron chi connectivity index (χ4n) is 3.32. The topological polar surface area (TPSA) is 86.7 Å². The molecule has 0 amide bonds. The predicted octanol–water partition coefficient (Wildman–Crippen LogP) is 4.16. The molecule has 158 valence electrons. The predicted molar refractivity (Wildman–Crippen MR) is 122 cm³/mol. The first kappa shape index (κ1) is 21.6. The van der Waals surface area contributed by atoms with Crippen LogP contribution in [0, 0.1) is 0 Å². The summed E-state index contributed by atoms with van der Waals surface area (Å²) in [6.07, 6.45) is 4.42. The first-order valence-electron chi connectivity index (χ1n) is 9.97. The van der Waals surface area contributed by atoms with E-state index in [9.17, 15) is 4.79 Å². The molecular weight excluding hydrogens is 400 g/mol. The minimum Gasteiger partial charge on any atom is -0.493 e. The molecule has 0 unspecified atom stereocenters. The molecule has 0 aliphatic carbocycles. The number of aryl methyl sites for hydroxylation is 1. The van der Waals surface area contributed by atoms with Crippen LogP contribution in [-0.2, 0) is 17.8 Å². The maximum Gasteiger partial charge on any atom is 0.323 e. The Morgan fingerprint density at radius 2 is 1.93 bits per heavy atom. The molecule has 0 saturated carbocycles. The third-order valence-electron chi connectivity index (χ3n) is 4.73. The van der Waals surface area contributed by atoms with E-state index in [0.717, 1.165) is 52.8 Å². The standard InChI is InChI=1S/C23H26N2O4S/c1-2-4-17-13-18(23(24)30)5-8-21(17)29-12-3-11-28-19-6-7-20-16(14-19)9-10-25(20)15-22(26)27/h5-10,13-14H,2-4,11-12,15H2,1H3,(H2,24,30)(H,26,27). The molecule has 0 fully saturated rings. The second kappa shape index (κ2) is 10.1. The Hall–Kier alpha value is -3.06. The fraction of sp³-hybridized carbons (Fsp3) is 0.304. The third-order valence-corrected chi connectivity index (χ3v) is 4.96. The summed E-state index contributed by atoms with van der Waals surface area (Å²) in [6.45, 7) is 3.13. The molecule has 30 heavy (non-hydrogen) atoms. The molecule has 2 aromatic carbocycles. The van der Waals surface area contributed by atoms with Crippen molar-refractivity contribution in [2.75, 3.05) is 13.2 Å². The summed E-state index contributed by atoms with van der Waals surface area (Å²) in [5, 5.41) is 9.92. The molecule has 1 aromatic heterocycles. The van der Waals surface area contributed by atoms with Crippen molar-refractivity contribution < 1.29 is 19.4 Å². The van der Waals surface area contributed by atoms with Crippen molar-refractivity contribution in [3.8, 4) is 11.5 Å².